The van der Waals surface area contributed by atoms with E-state index in [9.17, 15) is 9.18 Å². The third kappa shape index (κ3) is 3.21. The highest BCUT2D eigenvalue weighted by atomic mass is 19.1. The Balaban J connectivity index is 2.05. The third-order valence-corrected chi connectivity index (χ3v) is 2.39. The zero-order valence-electron chi connectivity index (χ0n) is 10.2. The van der Waals surface area contributed by atoms with E-state index in [1.807, 2.05) is 6.92 Å². The van der Waals surface area contributed by atoms with E-state index >= 15 is 0 Å². The molecule has 0 saturated heterocycles. The number of nitrogen functional groups attached to an aromatic ring is 1. The average Bonchev–Trinajstić information content (AvgIpc) is 2.40. The van der Waals surface area contributed by atoms with Crippen LogP contribution in [0.3, 0.4) is 0 Å². The lowest BCUT2D eigenvalue weighted by atomic mass is 10.2. The number of pyridine rings is 1. The van der Waals surface area contributed by atoms with Crippen LogP contribution in [0.1, 0.15) is 21.7 Å². The van der Waals surface area contributed by atoms with Gasteiger partial charge in [-0.1, -0.05) is 0 Å². The number of halogens is 1. The average molecular weight is 261 g/mol. The molecule has 0 bridgehead atoms. The fourth-order valence-corrected chi connectivity index (χ4v) is 1.41. The number of carbonyl (C=O) groups is 1. The lowest BCUT2D eigenvalue weighted by Gasteiger charge is -2.06. The maximum absolute atomic E-state index is 13.0. The summed E-state index contributed by atoms with van der Waals surface area (Å²) in [6, 6.07) is 1.04. The molecule has 2 aromatic heterocycles. The van der Waals surface area contributed by atoms with Gasteiger partial charge in [-0.15, -0.1) is 0 Å². The minimum atomic E-state index is -0.616. The van der Waals surface area contributed by atoms with Crippen molar-refractivity contribution in [3.8, 4) is 0 Å². The Bertz CT molecular complexity index is 600. The molecule has 0 aromatic carbocycles. The van der Waals surface area contributed by atoms with Gasteiger partial charge in [0.25, 0.3) is 5.91 Å². The van der Waals surface area contributed by atoms with Gasteiger partial charge in [0, 0.05) is 6.20 Å². The molecule has 0 atom stereocenters. The van der Waals surface area contributed by atoms with E-state index in [-0.39, 0.29) is 17.9 Å². The second-order valence-corrected chi connectivity index (χ2v) is 3.92. The highest BCUT2D eigenvalue weighted by Gasteiger charge is 2.12. The lowest BCUT2D eigenvalue weighted by Crippen LogP contribution is -2.25. The summed E-state index contributed by atoms with van der Waals surface area (Å²) >= 11 is 0. The normalized spacial score (nSPS) is 10.2. The van der Waals surface area contributed by atoms with E-state index in [0.717, 1.165) is 18.0 Å². The van der Waals surface area contributed by atoms with E-state index in [0.29, 0.717) is 5.69 Å². The number of nitrogens with two attached hydrogens (primary N) is 1. The fraction of sp³-hybridized carbons (Fsp3) is 0.167. The summed E-state index contributed by atoms with van der Waals surface area (Å²) in [6.07, 6.45) is 4.11. The number of aromatic nitrogens is 3. The van der Waals surface area contributed by atoms with Crippen LogP contribution in [0.2, 0.25) is 0 Å². The standard InChI is InChI=1S/C12H12FN5O/c1-7-3-16-9(5-15-7)6-18-12(19)10-2-8(13)4-17-11(10)14/h2-5H,6H2,1H3,(H2,14,17)(H,18,19). The van der Waals surface area contributed by atoms with Crippen molar-refractivity contribution >= 4 is 11.7 Å². The number of hydrogen-bond donors (Lipinski definition) is 2. The van der Waals surface area contributed by atoms with Crippen molar-refractivity contribution in [3.63, 3.8) is 0 Å². The number of nitrogens with one attached hydrogen (secondary N) is 1. The highest BCUT2D eigenvalue weighted by molar-refractivity contribution is 5.98. The minimum Gasteiger partial charge on any atom is -0.383 e. The van der Waals surface area contributed by atoms with Crippen molar-refractivity contribution in [1.82, 2.24) is 20.3 Å². The largest absolute Gasteiger partial charge is 0.383 e. The van der Waals surface area contributed by atoms with Crippen molar-refractivity contribution in [2.75, 3.05) is 5.73 Å². The summed E-state index contributed by atoms with van der Waals surface area (Å²) in [7, 11) is 0. The molecule has 0 radical (unpaired) electrons. The van der Waals surface area contributed by atoms with Crippen LogP contribution in [0.25, 0.3) is 0 Å². The fourth-order valence-electron chi connectivity index (χ4n) is 1.41. The van der Waals surface area contributed by atoms with Gasteiger partial charge in [0.1, 0.15) is 11.6 Å². The Hall–Kier alpha value is -2.57. The molecule has 0 fully saturated rings. The van der Waals surface area contributed by atoms with Crippen LogP contribution in [0.5, 0.6) is 0 Å². The lowest BCUT2D eigenvalue weighted by molar-refractivity contribution is 0.0950. The van der Waals surface area contributed by atoms with E-state index in [1.165, 1.54) is 0 Å². The molecule has 0 saturated carbocycles. The van der Waals surface area contributed by atoms with Gasteiger partial charge in [0.05, 0.1) is 35.9 Å². The first-order valence-corrected chi connectivity index (χ1v) is 5.53. The Morgan fingerprint density at radius 2 is 2.11 bits per heavy atom. The topological polar surface area (TPSA) is 93.8 Å². The molecule has 1 amide bonds. The van der Waals surface area contributed by atoms with Crippen molar-refractivity contribution < 1.29 is 9.18 Å². The van der Waals surface area contributed by atoms with E-state index in [4.69, 9.17) is 5.73 Å². The second-order valence-electron chi connectivity index (χ2n) is 3.92. The summed E-state index contributed by atoms with van der Waals surface area (Å²) in [6.45, 7) is 2.00. The SMILES string of the molecule is Cc1cnc(CNC(=O)c2cc(F)cnc2N)cn1. The zero-order valence-corrected chi connectivity index (χ0v) is 10.2. The highest BCUT2D eigenvalue weighted by Crippen LogP contribution is 2.09. The van der Waals surface area contributed by atoms with Gasteiger partial charge in [0.15, 0.2) is 0 Å². The summed E-state index contributed by atoms with van der Waals surface area (Å²) in [5, 5.41) is 2.57. The number of amides is 1. The van der Waals surface area contributed by atoms with Crippen LogP contribution < -0.4 is 11.1 Å². The Morgan fingerprint density at radius 3 is 2.79 bits per heavy atom. The Kier molecular flexibility index (Phi) is 3.65. The van der Waals surface area contributed by atoms with Gasteiger partial charge in [-0.05, 0) is 13.0 Å². The van der Waals surface area contributed by atoms with Gasteiger partial charge in [0.2, 0.25) is 0 Å². The Morgan fingerprint density at radius 1 is 1.32 bits per heavy atom. The van der Waals surface area contributed by atoms with Gasteiger partial charge in [-0.25, -0.2) is 9.37 Å². The molecule has 0 spiro atoms. The van der Waals surface area contributed by atoms with Crippen LogP contribution in [-0.4, -0.2) is 20.9 Å². The third-order valence-electron chi connectivity index (χ3n) is 2.39. The zero-order chi connectivity index (χ0) is 13.8. The molecule has 2 rings (SSSR count). The molecule has 3 N–H and O–H groups in total. The summed E-state index contributed by atoms with van der Waals surface area (Å²) in [5.74, 6) is -1.14. The van der Waals surface area contributed by atoms with Crippen LogP contribution in [0.4, 0.5) is 10.2 Å². The van der Waals surface area contributed by atoms with Crippen LogP contribution in [-0.2, 0) is 6.54 Å². The number of hydrogen-bond acceptors (Lipinski definition) is 5. The first kappa shape index (κ1) is 12.9. The first-order chi connectivity index (χ1) is 9.06. The maximum atomic E-state index is 13.0. The predicted octanol–water partition coefficient (Wildman–Crippen LogP) is 0.831. The molecule has 0 aliphatic heterocycles. The summed E-state index contributed by atoms with van der Waals surface area (Å²) in [5.41, 5.74) is 6.90. The Labute approximate surface area is 108 Å². The van der Waals surface area contributed by atoms with E-state index in [2.05, 4.69) is 20.3 Å². The molecule has 7 heteroatoms. The second kappa shape index (κ2) is 5.38. The monoisotopic (exact) mass is 261 g/mol. The van der Waals surface area contributed by atoms with Crippen LogP contribution >= 0.6 is 0 Å². The van der Waals surface area contributed by atoms with Gasteiger partial charge < -0.3 is 11.1 Å². The van der Waals surface area contributed by atoms with Crippen LogP contribution in [0.15, 0.2) is 24.7 Å². The van der Waals surface area contributed by atoms with Gasteiger partial charge >= 0.3 is 0 Å². The number of nitrogens with zero attached hydrogens (tertiary/aromatic N) is 3. The van der Waals surface area contributed by atoms with Crippen molar-refractivity contribution in [2.45, 2.75) is 13.5 Å². The summed E-state index contributed by atoms with van der Waals surface area (Å²) in [4.78, 5) is 23.5. The molecule has 0 aliphatic rings. The van der Waals surface area contributed by atoms with E-state index < -0.39 is 11.7 Å². The summed E-state index contributed by atoms with van der Waals surface area (Å²) < 4.78 is 13.0. The molecular formula is C12H12FN5O. The quantitative estimate of drug-likeness (QED) is 0.853. The van der Waals surface area contributed by atoms with Crippen molar-refractivity contribution in [2.24, 2.45) is 0 Å². The number of aryl methyl sites for hydroxylation is 1. The number of anilines is 1. The van der Waals surface area contributed by atoms with Gasteiger partial charge in [-0.2, -0.15) is 0 Å². The first-order valence-electron chi connectivity index (χ1n) is 5.53. The molecule has 2 aromatic rings. The molecule has 2 heterocycles. The number of carbonyl (C=O) groups excluding carboxylic acids is 1. The van der Waals surface area contributed by atoms with Gasteiger partial charge in [-0.3, -0.25) is 14.8 Å². The van der Waals surface area contributed by atoms with E-state index in [1.54, 1.807) is 12.4 Å². The van der Waals surface area contributed by atoms with Crippen molar-refractivity contribution in [1.29, 1.82) is 0 Å². The number of rotatable bonds is 3. The van der Waals surface area contributed by atoms with Crippen LogP contribution in [0, 0.1) is 12.7 Å². The van der Waals surface area contributed by atoms with Crippen molar-refractivity contribution in [3.05, 3.63) is 47.4 Å². The molecule has 98 valence electrons. The minimum absolute atomic E-state index is 0.0000656. The molecular weight excluding hydrogens is 249 g/mol. The molecule has 0 aliphatic carbocycles. The predicted molar refractivity (Wildman–Crippen MR) is 66.5 cm³/mol. The molecule has 0 unspecified atom stereocenters. The molecule has 6 nitrogen and oxygen atoms in total. The maximum Gasteiger partial charge on any atom is 0.255 e. The molecule has 19 heavy (non-hydrogen) atoms. The smallest absolute Gasteiger partial charge is 0.255 e.